The molecule has 1 aromatic rings. The first kappa shape index (κ1) is 12.9. The third-order valence-electron chi connectivity index (χ3n) is 3.14. The van der Waals surface area contributed by atoms with Crippen molar-refractivity contribution in [2.75, 3.05) is 5.75 Å². The maximum atomic E-state index is 5.89. The van der Waals surface area contributed by atoms with Crippen LogP contribution in [0.25, 0.3) is 0 Å². The van der Waals surface area contributed by atoms with Gasteiger partial charge in [-0.25, -0.2) is 0 Å². The zero-order chi connectivity index (χ0) is 12.3. The first-order chi connectivity index (χ1) is 8.15. The highest BCUT2D eigenvalue weighted by Crippen LogP contribution is 2.27. The molecule has 2 rings (SSSR count). The summed E-state index contributed by atoms with van der Waals surface area (Å²) in [5.41, 5.74) is 7.09. The van der Waals surface area contributed by atoms with Gasteiger partial charge in [-0.3, -0.25) is 0 Å². The molecular formula is C14H21NOS. The smallest absolute Gasteiger partial charge is 0.0673 e. The van der Waals surface area contributed by atoms with E-state index in [1.54, 1.807) is 0 Å². The molecule has 2 N–H and O–H groups in total. The predicted molar refractivity (Wildman–Crippen MR) is 73.3 cm³/mol. The van der Waals surface area contributed by atoms with Gasteiger partial charge >= 0.3 is 0 Å². The summed E-state index contributed by atoms with van der Waals surface area (Å²) in [4.78, 5) is 1.29. The fourth-order valence-electron chi connectivity index (χ4n) is 2.08. The summed E-state index contributed by atoms with van der Waals surface area (Å²) < 4.78 is 5.82. The fourth-order valence-corrected chi connectivity index (χ4v) is 3.10. The fraction of sp³-hybridized carbons (Fsp3) is 0.571. The lowest BCUT2D eigenvalue weighted by atomic mass is 10.1. The lowest BCUT2D eigenvalue weighted by molar-refractivity contribution is 0.0700. The van der Waals surface area contributed by atoms with Gasteiger partial charge in [0.25, 0.3) is 0 Å². The van der Waals surface area contributed by atoms with Crippen molar-refractivity contribution in [3.05, 3.63) is 29.8 Å². The molecule has 0 amide bonds. The Kier molecular flexibility index (Phi) is 4.48. The van der Waals surface area contributed by atoms with Crippen LogP contribution < -0.4 is 5.73 Å². The van der Waals surface area contributed by atoms with E-state index in [1.807, 2.05) is 18.7 Å². The first-order valence-electron chi connectivity index (χ1n) is 6.29. The standard InChI is InChI=1S/C14H21NOS/c1-10-6-7-13(16-10)9-17-14-5-3-4-12(8-14)11(2)15/h3-5,8,10-11,13H,6-7,9,15H2,1-2H3. The van der Waals surface area contributed by atoms with Gasteiger partial charge in [0.15, 0.2) is 0 Å². The molecule has 1 aromatic carbocycles. The molecule has 0 spiro atoms. The van der Waals surface area contributed by atoms with Crippen molar-refractivity contribution >= 4 is 11.8 Å². The van der Waals surface area contributed by atoms with E-state index < -0.39 is 0 Å². The molecule has 3 heteroatoms. The minimum Gasteiger partial charge on any atom is -0.374 e. The summed E-state index contributed by atoms with van der Waals surface area (Å²) in [6, 6.07) is 8.61. The minimum absolute atomic E-state index is 0.110. The molecule has 1 aliphatic heterocycles. The van der Waals surface area contributed by atoms with Gasteiger partial charge in [-0.15, -0.1) is 11.8 Å². The van der Waals surface area contributed by atoms with Crippen molar-refractivity contribution in [3.8, 4) is 0 Å². The summed E-state index contributed by atoms with van der Waals surface area (Å²) >= 11 is 1.87. The van der Waals surface area contributed by atoms with E-state index in [9.17, 15) is 0 Å². The van der Waals surface area contributed by atoms with E-state index in [0.29, 0.717) is 12.2 Å². The summed E-state index contributed by atoms with van der Waals surface area (Å²) in [6.45, 7) is 4.17. The van der Waals surface area contributed by atoms with Gasteiger partial charge in [0.05, 0.1) is 12.2 Å². The van der Waals surface area contributed by atoms with E-state index >= 15 is 0 Å². The Bertz CT molecular complexity index is 367. The highest BCUT2D eigenvalue weighted by Gasteiger charge is 2.21. The summed E-state index contributed by atoms with van der Waals surface area (Å²) in [5.74, 6) is 1.05. The number of benzene rings is 1. The number of hydrogen-bond acceptors (Lipinski definition) is 3. The summed E-state index contributed by atoms with van der Waals surface area (Å²) in [5, 5.41) is 0. The summed E-state index contributed by atoms with van der Waals surface area (Å²) in [7, 11) is 0. The molecule has 1 heterocycles. The van der Waals surface area contributed by atoms with Crippen molar-refractivity contribution in [3.63, 3.8) is 0 Å². The Morgan fingerprint density at radius 3 is 2.94 bits per heavy atom. The molecule has 0 aromatic heterocycles. The van der Waals surface area contributed by atoms with E-state index in [2.05, 4.69) is 31.2 Å². The normalized spacial score (nSPS) is 26.1. The molecule has 17 heavy (non-hydrogen) atoms. The topological polar surface area (TPSA) is 35.2 Å². The molecule has 0 saturated carbocycles. The van der Waals surface area contributed by atoms with E-state index in [0.717, 1.165) is 5.75 Å². The average Bonchev–Trinajstić information content (AvgIpc) is 2.73. The van der Waals surface area contributed by atoms with Gasteiger partial charge in [0.1, 0.15) is 0 Å². The number of nitrogens with two attached hydrogens (primary N) is 1. The van der Waals surface area contributed by atoms with Crippen LogP contribution in [-0.2, 0) is 4.74 Å². The van der Waals surface area contributed by atoms with Crippen LogP contribution in [0.1, 0.15) is 38.3 Å². The second kappa shape index (κ2) is 5.89. The van der Waals surface area contributed by atoms with Crippen LogP contribution in [0, 0.1) is 0 Å². The number of thioether (sulfide) groups is 1. The molecule has 1 fully saturated rings. The van der Waals surface area contributed by atoms with E-state index in [1.165, 1.54) is 23.3 Å². The van der Waals surface area contributed by atoms with Crippen molar-refractivity contribution in [2.45, 2.75) is 49.8 Å². The van der Waals surface area contributed by atoms with E-state index in [4.69, 9.17) is 10.5 Å². The van der Waals surface area contributed by atoms with E-state index in [-0.39, 0.29) is 6.04 Å². The maximum absolute atomic E-state index is 5.89. The van der Waals surface area contributed by atoms with Crippen molar-refractivity contribution in [2.24, 2.45) is 5.73 Å². The third-order valence-corrected chi connectivity index (χ3v) is 4.27. The van der Waals surface area contributed by atoms with Crippen LogP contribution >= 0.6 is 11.8 Å². The van der Waals surface area contributed by atoms with Gasteiger partial charge in [-0.05, 0) is 44.4 Å². The van der Waals surface area contributed by atoms with Crippen molar-refractivity contribution in [1.82, 2.24) is 0 Å². The predicted octanol–water partition coefficient (Wildman–Crippen LogP) is 3.37. The molecule has 1 aliphatic rings. The van der Waals surface area contributed by atoms with Crippen LogP contribution in [0.3, 0.4) is 0 Å². The second-order valence-corrected chi connectivity index (χ2v) is 5.91. The Balaban J connectivity index is 1.88. The molecule has 0 aliphatic carbocycles. The van der Waals surface area contributed by atoms with Crippen LogP contribution in [0.2, 0.25) is 0 Å². The Morgan fingerprint density at radius 2 is 2.29 bits per heavy atom. The quantitative estimate of drug-likeness (QED) is 0.833. The molecule has 2 nitrogen and oxygen atoms in total. The number of ether oxygens (including phenoxy) is 1. The zero-order valence-corrected chi connectivity index (χ0v) is 11.4. The SMILES string of the molecule is CC1CCC(CSc2cccc(C(C)N)c2)O1. The lowest BCUT2D eigenvalue weighted by Crippen LogP contribution is -2.10. The Morgan fingerprint density at radius 1 is 1.47 bits per heavy atom. The van der Waals surface area contributed by atoms with Crippen LogP contribution in [0.4, 0.5) is 0 Å². The van der Waals surface area contributed by atoms with Crippen LogP contribution in [0.15, 0.2) is 29.2 Å². The maximum Gasteiger partial charge on any atom is 0.0673 e. The number of rotatable bonds is 4. The molecule has 3 atom stereocenters. The van der Waals surface area contributed by atoms with Crippen LogP contribution in [-0.4, -0.2) is 18.0 Å². The first-order valence-corrected chi connectivity index (χ1v) is 7.27. The van der Waals surface area contributed by atoms with Gasteiger partial charge < -0.3 is 10.5 Å². The number of hydrogen-bond donors (Lipinski definition) is 1. The second-order valence-electron chi connectivity index (χ2n) is 4.82. The van der Waals surface area contributed by atoms with Gasteiger partial charge in [-0.1, -0.05) is 12.1 Å². The lowest BCUT2D eigenvalue weighted by Gasteiger charge is -2.12. The van der Waals surface area contributed by atoms with Crippen LogP contribution in [0.5, 0.6) is 0 Å². The van der Waals surface area contributed by atoms with Gasteiger partial charge in [0.2, 0.25) is 0 Å². The van der Waals surface area contributed by atoms with Gasteiger partial charge in [0, 0.05) is 16.7 Å². The molecule has 3 unspecified atom stereocenters. The monoisotopic (exact) mass is 251 g/mol. The largest absolute Gasteiger partial charge is 0.374 e. The van der Waals surface area contributed by atoms with Crippen molar-refractivity contribution in [1.29, 1.82) is 0 Å². The average molecular weight is 251 g/mol. The van der Waals surface area contributed by atoms with Crippen molar-refractivity contribution < 1.29 is 4.74 Å². The minimum atomic E-state index is 0.110. The zero-order valence-electron chi connectivity index (χ0n) is 10.6. The molecule has 0 radical (unpaired) electrons. The van der Waals surface area contributed by atoms with Gasteiger partial charge in [-0.2, -0.15) is 0 Å². The highest BCUT2D eigenvalue weighted by atomic mass is 32.2. The molecule has 1 saturated heterocycles. The molecule has 94 valence electrons. The Labute approximate surface area is 108 Å². The molecular weight excluding hydrogens is 230 g/mol. The Hall–Kier alpha value is -0.510. The summed E-state index contributed by atoms with van der Waals surface area (Å²) in [6.07, 6.45) is 3.26. The highest BCUT2D eigenvalue weighted by molar-refractivity contribution is 7.99. The molecule has 0 bridgehead atoms. The third kappa shape index (κ3) is 3.73.